The Balaban J connectivity index is 1.89. The fourth-order valence-corrected chi connectivity index (χ4v) is 2.61. The maximum absolute atomic E-state index is 12.4. The van der Waals surface area contributed by atoms with Crippen molar-refractivity contribution in [3.8, 4) is 5.75 Å². The van der Waals surface area contributed by atoms with Gasteiger partial charge in [-0.05, 0) is 37.0 Å². The van der Waals surface area contributed by atoms with Crippen LogP contribution < -0.4 is 10.2 Å². The SMILES string of the molecule is COc1cccc(CCN2CCC=C(CCC(=O)NO)C2=O)c1. The number of methoxy groups -OCH3 is 1. The smallest absolute Gasteiger partial charge is 0.249 e. The van der Waals surface area contributed by atoms with Crippen molar-refractivity contribution in [3.05, 3.63) is 41.5 Å². The normalized spacial score (nSPS) is 14.4. The summed E-state index contributed by atoms with van der Waals surface area (Å²) in [5, 5.41) is 8.51. The predicted molar refractivity (Wildman–Crippen MR) is 85.1 cm³/mol. The van der Waals surface area contributed by atoms with Crippen LogP contribution in [0.5, 0.6) is 5.75 Å². The number of carbonyl (C=O) groups is 2. The minimum atomic E-state index is -0.479. The van der Waals surface area contributed by atoms with Crippen LogP contribution in [0.3, 0.4) is 0 Å². The first-order valence-corrected chi connectivity index (χ1v) is 7.68. The molecule has 0 radical (unpaired) electrons. The first kappa shape index (κ1) is 17.0. The third-order valence-electron chi connectivity index (χ3n) is 3.90. The minimum Gasteiger partial charge on any atom is -0.497 e. The maximum Gasteiger partial charge on any atom is 0.249 e. The van der Waals surface area contributed by atoms with Crippen molar-refractivity contribution in [2.45, 2.75) is 25.7 Å². The van der Waals surface area contributed by atoms with Crippen LogP contribution in [0.25, 0.3) is 0 Å². The number of amides is 2. The van der Waals surface area contributed by atoms with E-state index in [0.717, 1.165) is 24.2 Å². The van der Waals surface area contributed by atoms with Crippen molar-refractivity contribution >= 4 is 11.8 Å². The number of nitrogens with zero attached hydrogens (tertiary/aromatic N) is 1. The molecule has 0 unspecified atom stereocenters. The first-order chi connectivity index (χ1) is 11.1. The number of rotatable bonds is 7. The van der Waals surface area contributed by atoms with Gasteiger partial charge < -0.3 is 9.64 Å². The van der Waals surface area contributed by atoms with Gasteiger partial charge in [0, 0.05) is 25.1 Å². The summed E-state index contributed by atoms with van der Waals surface area (Å²) in [7, 11) is 1.63. The van der Waals surface area contributed by atoms with Crippen molar-refractivity contribution in [3.63, 3.8) is 0 Å². The fraction of sp³-hybridized carbons (Fsp3) is 0.412. The van der Waals surface area contributed by atoms with E-state index in [1.54, 1.807) is 12.6 Å². The predicted octanol–water partition coefficient (Wildman–Crippen LogP) is 1.68. The van der Waals surface area contributed by atoms with E-state index in [1.807, 2.05) is 35.2 Å². The Hall–Kier alpha value is -2.34. The van der Waals surface area contributed by atoms with Crippen LogP contribution in [-0.4, -0.2) is 42.1 Å². The van der Waals surface area contributed by atoms with E-state index in [4.69, 9.17) is 9.94 Å². The molecule has 1 aromatic rings. The average Bonchev–Trinajstić information content (AvgIpc) is 2.59. The number of hydroxylamine groups is 1. The van der Waals surface area contributed by atoms with Crippen LogP contribution in [-0.2, 0) is 16.0 Å². The van der Waals surface area contributed by atoms with E-state index in [0.29, 0.717) is 25.1 Å². The summed E-state index contributed by atoms with van der Waals surface area (Å²) in [5.74, 6) is 0.306. The molecule has 0 saturated carbocycles. The van der Waals surface area contributed by atoms with E-state index in [2.05, 4.69) is 0 Å². The molecule has 23 heavy (non-hydrogen) atoms. The molecule has 1 aliphatic heterocycles. The van der Waals surface area contributed by atoms with Gasteiger partial charge in [0.1, 0.15) is 5.75 Å². The number of hydrogen-bond acceptors (Lipinski definition) is 4. The highest BCUT2D eigenvalue weighted by atomic mass is 16.5. The van der Waals surface area contributed by atoms with Crippen molar-refractivity contribution in [1.29, 1.82) is 0 Å². The summed E-state index contributed by atoms with van der Waals surface area (Å²) in [5.41, 5.74) is 3.35. The van der Waals surface area contributed by atoms with Gasteiger partial charge in [0.15, 0.2) is 0 Å². The number of nitrogens with one attached hydrogen (secondary N) is 1. The lowest BCUT2D eigenvalue weighted by Gasteiger charge is -2.27. The Kier molecular flexibility index (Phi) is 6.17. The number of ether oxygens (including phenoxy) is 1. The van der Waals surface area contributed by atoms with Crippen LogP contribution in [0.2, 0.25) is 0 Å². The topological polar surface area (TPSA) is 78.9 Å². The van der Waals surface area contributed by atoms with E-state index in [1.165, 1.54) is 0 Å². The minimum absolute atomic E-state index is 0.0233. The second-order valence-corrected chi connectivity index (χ2v) is 5.45. The number of benzene rings is 1. The van der Waals surface area contributed by atoms with Crippen LogP contribution >= 0.6 is 0 Å². The van der Waals surface area contributed by atoms with Crippen LogP contribution in [0.1, 0.15) is 24.8 Å². The summed E-state index contributed by atoms with van der Waals surface area (Å²) in [6.07, 6.45) is 3.89. The first-order valence-electron chi connectivity index (χ1n) is 7.68. The Morgan fingerprint density at radius 1 is 1.39 bits per heavy atom. The molecule has 124 valence electrons. The largest absolute Gasteiger partial charge is 0.497 e. The van der Waals surface area contributed by atoms with Gasteiger partial charge in [0.05, 0.1) is 7.11 Å². The molecule has 0 fully saturated rings. The molecule has 2 N–H and O–H groups in total. The van der Waals surface area contributed by atoms with Gasteiger partial charge in [-0.2, -0.15) is 0 Å². The molecule has 2 rings (SSSR count). The Morgan fingerprint density at radius 3 is 2.96 bits per heavy atom. The van der Waals surface area contributed by atoms with E-state index in [-0.39, 0.29) is 12.3 Å². The van der Waals surface area contributed by atoms with Crippen LogP contribution in [0.4, 0.5) is 0 Å². The van der Waals surface area contributed by atoms with Gasteiger partial charge >= 0.3 is 0 Å². The molecule has 0 atom stereocenters. The van der Waals surface area contributed by atoms with Gasteiger partial charge in [0.2, 0.25) is 11.8 Å². The molecular formula is C17H22N2O4. The second kappa shape index (κ2) is 8.33. The molecule has 1 aliphatic rings. The summed E-state index contributed by atoms with van der Waals surface area (Å²) < 4.78 is 5.20. The lowest BCUT2D eigenvalue weighted by molar-refractivity contribution is -0.129. The van der Waals surface area contributed by atoms with Gasteiger partial charge in [0.25, 0.3) is 0 Å². The van der Waals surface area contributed by atoms with Crippen molar-refractivity contribution in [1.82, 2.24) is 10.4 Å². The third kappa shape index (κ3) is 4.82. The van der Waals surface area contributed by atoms with Crippen molar-refractivity contribution in [2.24, 2.45) is 0 Å². The highest BCUT2D eigenvalue weighted by Crippen LogP contribution is 2.18. The summed E-state index contributed by atoms with van der Waals surface area (Å²) >= 11 is 0. The fourth-order valence-electron chi connectivity index (χ4n) is 2.61. The molecule has 2 amide bonds. The Labute approximate surface area is 135 Å². The average molecular weight is 318 g/mol. The summed E-state index contributed by atoms with van der Waals surface area (Å²) in [4.78, 5) is 25.3. The molecule has 0 aromatic heterocycles. The quantitative estimate of drug-likeness (QED) is 0.592. The molecule has 6 heteroatoms. The molecule has 1 aromatic carbocycles. The maximum atomic E-state index is 12.4. The van der Waals surface area contributed by atoms with Gasteiger partial charge in [-0.15, -0.1) is 0 Å². The van der Waals surface area contributed by atoms with Crippen LogP contribution in [0, 0.1) is 0 Å². The molecule has 0 saturated heterocycles. The molecule has 6 nitrogen and oxygen atoms in total. The van der Waals surface area contributed by atoms with Gasteiger partial charge in [-0.1, -0.05) is 18.2 Å². The van der Waals surface area contributed by atoms with E-state index >= 15 is 0 Å². The standard InChI is InChI=1S/C17H22N2O4/c1-23-15-6-2-4-13(12-15)9-11-19-10-3-5-14(17(19)21)7-8-16(20)18-22/h2,4-6,12,22H,3,7-11H2,1H3,(H,18,20). The van der Waals surface area contributed by atoms with Gasteiger partial charge in [-0.25, -0.2) is 5.48 Å². The monoisotopic (exact) mass is 318 g/mol. The highest BCUT2D eigenvalue weighted by Gasteiger charge is 2.21. The van der Waals surface area contributed by atoms with Crippen molar-refractivity contribution in [2.75, 3.05) is 20.2 Å². The molecule has 1 heterocycles. The zero-order valence-corrected chi connectivity index (χ0v) is 13.2. The summed E-state index contributed by atoms with van der Waals surface area (Å²) in [6, 6.07) is 7.81. The highest BCUT2D eigenvalue weighted by molar-refractivity contribution is 5.94. The van der Waals surface area contributed by atoms with Crippen LogP contribution in [0.15, 0.2) is 35.9 Å². The van der Waals surface area contributed by atoms with Gasteiger partial charge in [-0.3, -0.25) is 14.8 Å². The lowest BCUT2D eigenvalue weighted by Crippen LogP contribution is -2.37. The van der Waals surface area contributed by atoms with E-state index in [9.17, 15) is 9.59 Å². The molecule has 0 aliphatic carbocycles. The second-order valence-electron chi connectivity index (χ2n) is 5.45. The zero-order chi connectivity index (χ0) is 16.7. The summed E-state index contributed by atoms with van der Waals surface area (Å²) in [6.45, 7) is 1.33. The Morgan fingerprint density at radius 2 is 2.22 bits per heavy atom. The number of carbonyl (C=O) groups excluding carboxylic acids is 2. The van der Waals surface area contributed by atoms with E-state index < -0.39 is 5.91 Å². The molecule has 0 bridgehead atoms. The number of hydrogen-bond donors (Lipinski definition) is 2. The molecule has 0 spiro atoms. The van der Waals surface area contributed by atoms with Crippen molar-refractivity contribution < 1.29 is 19.5 Å². The zero-order valence-electron chi connectivity index (χ0n) is 13.2. The lowest BCUT2D eigenvalue weighted by atomic mass is 10.0. The molecular weight excluding hydrogens is 296 g/mol. The third-order valence-corrected chi connectivity index (χ3v) is 3.90. The Bertz CT molecular complexity index is 598.